The van der Waals surface area contributed by atoms with Crippen molar-refractivity contribution in [2.45, 2.75) is 44.9 Å². The molecule has 162 valence electrons. The van der Waals surface area contributed by atoms with Crippen molar-refractivity contribution in [3.63, 3.8) is 0 Å². The molecule has 3 aromatic heterocycles. The van der Waals surface area contributed by atoms with Crippen molar-refractivity contribution < 1.29 is 5.11 Å². The Bertz CT molecular complexity index is 1420. The van der Waals surface area contributed by atoms with Gasteiger partial charge in [0.1, 0.15) is 0 Å². The minimum atomic E-state index is -0.409. The lowest BCUT2D eigenvalue weighted by molar-refractivity contribution is 0.182. The fourth-order valence-electron chi connectivity index (χ4n) is 4.55. The predicted octanol–water partition coefficient (Wildman–Crippen LogP) is 1.60. The molecular weight excluding hydrogens is 396 g/mol. The Morgan fingerprint density at radius 1 is 1.19 bits per heavy atom. The number of H-pyrrole nitrogens is 1. The van der Waals surface area contributed by atoms with Gasteiger partial charge in [0.15, 0.2) is 11.2 Å². The molecule has 9 nitrogen and oxygen atoms in total. The summed E-state index contributed by atoms with van der Waals surface area (Å²) in [7, 11) is 3.40. The summed E-state index contributed by atoms with van der Waals surface area (Å²) in [5.41, 5.74) is 2.85. The molecule has 9 heteroatoms. The Labute approximate surface area is 178 Å². The van der Waals surface area contributed by atoms with E-state index < -0.39 is 5.69 Å². The maximum absolute atomic E-state index is 13.3. The predicted molar refractivity (Wildman–Crippen MR) is 120 cm³/mol. The highest BCUT2D eigenvalue weighted by molar-refractivity contribution is 5.81. The number of fused-ring (bicyclic) bond motifs is 2. The number of aliphatic hydroxyl groups is 1. The number of anilines is 1. The van der Waals surface area contributed by atoms with Crippen molar-refractivity contribution in [2.24, 2.45) is 14.1 Å². The summed E-state index contributed by atoms with van der Waals surface area (Å²) in [6, 6.07) is 8.16. The highest BCUT2D eigenvalue weighted by Gasteiger charge is 2.25. The van der Waals surface area contributed by atoms with Crippen LogP contribution in [0.15, 0.2) is 33.9 Å². The number of imidazole rings is 1. The number of nitrogens with one attached hydrogen (secondary N) is 2. The number of aromatic amines is 1. The number of benzene rings is 1. The van der Waals surface area contributed by atoms with Gasteiger partial charge < -0.3 is 20.0 Å². The van der Waals surface area contributed by atoms with E-state index in [1.54, 1.807) is 18.7 Å². The smallest absolute Gasteiger partial charge is 0.332 e. The lowest BCUT2D eigenvalue weighted by Gasteiger charge is -2.12. The van der Waals surface area contributed by atoms with Gasteiger partial charge in [-0.1, -0.05) is 11.6 Å². The van der Waals surface area contributed by atoms with E-state index in [4.69, 9.17) is 0 Å². The summed E-state index contributed by atoms with van der Waals surface area (Å²) < 4.78 is 4.36. The fraction of sp³-hybridized carbons (Fsp3) is 0.409. The van der Waals surface area contributed by atoms with Gasteiger partial charge in [0.05, 0.1) is 12.6 Å². The van der Waals surface area contributed by atoms with Crippen molar-refractivity contribution >= 4 is 28.0 Å². The molecule has 0 unspecified atom stereocenters. The van der Waals surface area contributed by atoms with Crippen LogP contribution < -0.4 is 16.6 Å². The Morgan fingerprint density at radius 3 is 2.74 bits per heavy atom. The van der Waals surface area contributed by atoms with Gasteiger partial charge in [0.2, 0.25) is 5.95 Å². The Balaban J connectivity index is 1.57. The average molecular weight is 422 g/mol. The SMILES string of the molecule is Cc1ccc2[nH]c(Cn3c(=O)c4c(nc(N[C@@H]5CC[C@H](O)C5)n4C)n(C)c3=O)cc2c1. The molecule has 4 aromatic rings. The van der Waals surface area contributed by atoms with E-state index in [0.29, 0.717) is 23.5 Å². The van der Waals surface area contributed by atoms with Crippen molar-refractivity contribution in [3.8, 4) is 0 Å². The minimum absolute atomic E-state index is 0.0968. The number of aryl methyl sites for hydroxylation is 3. The molecule has 1 saturated carbocycles. The third kappa shape index (κ3) is 3.25. The quantitative estimate of drug-likeness (QED) is 0.463. The Hall–Kier alpha value is -3.33. The van der Waals surface area contributed by atoms with Gasteiger partial charge in [-0.05, 0) is 49.8 Å². The molecule has 2 atom stereocenters. The summed E-state index contributed by atoms with van der Waals surface area (Å²) in [4.78, 5) is 34.1. The number of nitrogens with zero attached hydrogens (tertiary/aromatic N) is 4. The van der Waals surface area contributed by atoms with E-state index in [9.17, 15) is 14.7 Å². The van der Waals surface area contributed by atoms with E-state index in [1.165, 1.54) is 9.13 Å². The van der Waals surface area contributed by atoms with Crippen LogP contribution in [0, 0.1) is 6.92 Å². The summed E-state index contributed by atoms with van der Waals surface area (Å²) in [5, 5.41) is 14.2. The first-order valence-electron chi connectivity index (χ1n) is 10.5. The van der Waals surface area contributed by atoms with Crippen LogP contribution in [-0.2, 0) is 20.6 Å². The minimum Gasteiger partial charge on any atom is -0.393 e. The number of aliphatic hydroxyl groups excluding tert-OH is 1. The fourth-order valence-corrected chi connectivity index (χ4v) is 4.55. The number of hydrogen-bond acceptors (Lipinski definition) is 5. The van der Waals surface area contributed by atoms with Crippen LogP contribution in [0.1, 0.15) is 30.5 Å². The zero-order chi connectivity index (χ0) is 21.9. The molecule has 0 saturated heterocycles. The van der Waals surface area contributed by atoms with E-state index in [0.717, 1.165) is 35.0 Å². The van der Waals surface area contributed by atoms with E-state index in [1.807, 2.05) is 25.1 Å². The van der Waals surface area contributed by atoms with Gasteiger partial charge >= 0.3 is 5.69 Å². The van der Waals surface area contributed by atoms with Gasteiger partial charge in [0.25, 0.3) is 5.56 Å². The molecule has 0 radical (unpaired) electrons. The zero-order valence-corrected chi connectivity index (χ0v) is 17.8. The average Bonchev–Trinajstić information content (AvgIpc) is 3.41. The summed E-state index contributed by atoms with van der Waals surface area (Å²) in [6.45, 7) is 2.18. The molecule has 1 aliphatic rings. The molecule has 1 aliphatic carbocycles. The Kier molecular flexibility index (Phi) is 4.51. The molecule has 1 aromatic carbocycles. The van der Waals surface area contributed by atoms with Crippen LogP contribution in [0.5, 0.6) is 0 Å². The monoisotopic (exact) mass is 422 g/mol. The normalized spacial score (nSPS) is 19.0. The molecule has 0 amide bonds. The van der Waals surface area contributed by atoms with Crippen molar-refractivity contribution in [2.75, 3.05) is 5.32 Å². The highest BCUT2D eigenvalue weighted by atomic mass is 16.3. The third-order valence-corrected chi connectivity index (χ3v) is 6.26. The maximum Gasteiger partial charge on any atom is 0.332 e. The molecule has 0 aliphatic heterocycles. The van der Waals surface area contributed by atoms with Crippen LogP contribution in [0.25, 0.3) is 22.1 Å². The first-order chi connectivity index (χ1) is 14.8. The largest absolute Gasteiger partial charge is 0.393 e. The van der Waals surface area contributed by atoms with E-state index >= 15 is 0 Å². The molecular formula is C22H26N6O3. The van der Waals surface area contributed by atoms with Crippen LogP contribution in [-0.4, -0.2) is 40.9 Å². The first kappa shape index (κ1) is 19.6. The van der Waals surface area contributed by atoms with Crippen LogP contribution in [0.4, 0.5) is 5.95 Å². The van der Waals surface area contributed by atoms with E-state index in [-0.39, 0.29) is 24.2 Å². The summed E-state index contributed by atoms with van der Waals surface area (Å²) in [5.74, 6) is 0.528. The molecule has 31 heavy (non-hydrogen) atoms. The van der Waals surface area contributed by atoms with Gasteiger partial charge in [0, 0.05) is 31.3 Å². The lowest BCUT2D eigenvalue weighted by atomic mass is 10.2. The summed E-state index contributed by atoms with van der Waals surface area (Å²) in [6.07, 6.45) is 1.92. The Morgan fingerprint density at radius 2 is 2.00 bits per heavy atom. The molecule has 5 rings (SSSR count). The highest BCUT2D eigenvalue weighted by Crippen LogP contribution is 2.24. The van der Waals surface area contributed by atoms with Crippen molar-refractivity contribution in [3.05, 3.63) is 56.4 Å². The topological polar surface area (TPSA) is 110 Å². The van der Waals surface area contributed by atoms with Gasteiger partial charge in [-0.15, -0.1) is 0 Å². The van der Waals surface area contributed by atoms with Crippen LogP contribution in [0.2, 0.25) is 0 Å². The van der Waals surface area contributed by atoms with Gasteiger partial charge in [-0.2, -0.15) is 4.98 Å². The standard InChI is InChI=1S/C22H26N6O3/c1-12-4-7-17-13(8-12)9-15(23-17)11-28-20(30)18-19(27(3)22(28)31)25-21(26(18)2)24-14-5-6-16(29)10-14/h4,7-9,14,16,23,29H,5-6,10-11H2,1-3H3,(H,24,25)/t14-,16+/m1/s1. The zero-order valence-electron chi connectivity index (χ0n) is 17.8. The second-order valence-electron chi connectivity index (χ2n) is 8.59. The van der Waals surface area contributed by atoms with Crippen LogP contribution >= 0.6 is 0 Å². The number of rotatable bonds is 4. The molecule has 3 N–H and O–H groups in total. The van der Waals surface area contributed by atoms with Gasteiger partial charge in [-0.3, -0.25) is 13.9 Å². The van der Waals surface area contributed by atoms with Gasteiger partial charge in [-0.25, -0.2) is 4.79 Å². The summed E-state index contributed by atoms with van der Waals surface area (Å²) >= 11 is 0. The lowest BCUT2D eigenvalue weighted by Crippen LogP contribution is -2.39. The molecule has 0 bridgehead atoms. The third-order valence-electron chi connectivity index (χ3n) is 6.26. The number of aromatic nitrogens is 5. The van der Waals surface area contributed by atoms with Crippen LogP contribution in [0.3, 0.4) is 0 Å². The van der Waals surface area contributed by atoms with Crippen molar-refractivity contribution in [1.82, 2.24) is 23.7 Å². The second kappa shape index (κ2) is 7.12. The molecule has 1 fully saturated rings. The second-order valence-corrected chi connectivity index (χ2v) is 8.59. The first-order valence-corrected chi connectivity index (χ1v) is 10.5. The van der Waals surface area contributed by atoms with E-state index in [2.05, 4.69) is 21.4 Å². The maximum atomic E-state index is 13.3. The molecule has 0 spiro atoms. The van der Waals surface area contributed by atoms with Crippen molar-refractivity contribution in [1.29, 1.82) is 0 Å². The molecule has 3 heterocycles. The number of hydrogen-bond donors (Lipinski definition) is 3.